The predicted molar refractivity (Wildman–Crippen MR) is 116 cm³/mol. The Morgan fingerprint density at radius 2 is 2.00 bits per heavy atom. The van der Waals surface area contributed by atoms with Crippen molar-refractivity contribution in [3.05, 3.63) is 87.5 Å². The molecule has 2 heterocycles. The highest BCUT2D eigenvalue weighted by atomic mass is 16.5. The summed E-state index contributed by atoms with van der Waals surface area (Å²) in [4.78, 5) is 26.7. The summed E-state index contributed by atoms with van der Waals surface area (Å²) in [6.07, 6.45) is 2.27. The smallest absolute Gasteiger partial charge is 0.262 e. The number of rotatable bonds is 6. The summed E-state index contributed by atoms with van der Waals surface area (Å²) in [5.41, 5.74) is 4.98. The summed E-state index contributed by atoms with van der Waals surface area (Å²) in [5.74, 6) is 0.249. The molecule has 154 valence electrons. The molecule has 0 unspecified atom stereocenters. The molecule has 0 spiro atoms. The molecule has 1 aliphatic heterocycles. The molecule has 0 radical (unpaired) electrons. The van der Waals surface area contributed by atoms with Crippen molar-refractivity contribution in [2.24, 2.45) is 0 Å². The molecule has 1 aliphatic rings. The van der Waals surface area contributed by atoms with E-state index in [1.807, 2.05) is 44.2 Å². The predicted octanol–water partition coefficient (Wildman–Crippen LogP) is 3.84. The molecule has 6 heteroatoms. The third-order valence-corrected chi connectivity index (χ3v) is 5.20. The molecule has 4 rings (SSSR count). The molecule has 0 saturated heterocycles. The molecule has 2 aromatic carbocycles. The quantitative estimate of drug-likeness (QED) is 0.676. The first-order valence-corrected chi connectivity index (χ1v) is 9.94. The Labute approximate surface area is 175 Å². The number of carbonyl (C=O) groups excluding carboxylic acids is 1. The van der Waals surface area contributed by atoms with Crippen LogP contribution in [-0.4, -0.2) is 19.1 Å². The highest BCUT2D eigenvalue weighted by Gasteiger charge is 2.19. The Balaban J connectivity index is 1.36. The summed E-state index contributed by atoms with van der Waals surface area (Å²) in [6, 6.07) is 15.4. The van der Waals surface area contributed by atoms with Crippen LogP contribution in [0.3, 0.4) is 0 Å². The van der Waals surface area contributed by atoms with Gasteiger partial charge in [-0.15, -0.1) is 0 Å². The Morgan fingerprint density at radius 1 is 1.17 bits per heavy atom. The van der Waals surface area contributed by atoms with Crippen LogP contribution in [0.25, 0.3) is 0 Å². The highest BCUT2D eigenvalue weighted by molar-refractivity contribution is 5.92. The van der Waals surface area contributed by atoms with Crippen molar-refractivity contribution >= 4 is 17.3 Å². The largest absolute Gasteiger partial charge is 0.477 e. The SMILES string of the molecule is Cc1ccc(NC(=O)COc2coc(CN3CCc4ccccc43)cc2=O)c(C)c1. The minimum Gasteiger partial charge on any atom is -0.477 e. The molecule has 6 nitrogen and oxygen atoms in total. The monoisotopic (exact) mass is 404 g/mol. The van der Waals surface area contributed by atoms with Crippen LogP contribution in [-0.2, 0) is 17.8 Å². The molecular formula is C24H24N2O4. The maximum atomic E-state index is 12.4. The second kappa shape index (κ2) is 8.45. The summed E-state index contributed by atoms with van der Waals surface area (Å²) < 4.78 is 11.0. The van der Waals surface area contributed by atoms with Crippen LogP contribution in [0.2, 0.25) is 0 Å². The van der Waals surface area contributed by atoms with E-state index in [0.29, 0.717) is 12.3 Å². The highest BCUT2D eigenvalue weighted by Crippen LogP contribution is 2.28. The molecule has 30 heavy (non-hydrogen) atoms. The van der Waals surface area contributed by atoms with Crippen LogP contribution in [0, 0.1) is 13.8 Å². The fourth-order valence-corrected chi connectivity index (χ4v) is 3.67. The van der Waals surface area contributed by atoms with Crippen LogP contribution in [0.15, 0.2) is 64.0 Å². The van der Waals surface area contributed by atoms with E-state index in [2.05, 4.69) is 22.3 Å². The number of nitrogens with zero attached hydrogens (tertiary/aromatic N) is 1. The van der Waals surface area contributed by atoms with Crippen molar-refractivity contribution in [1.82, 2.24) is 0 Å². The molecule has 0 fully saturated rings. The lowest BCUT2D eigenvalue weighted by atomic mass is 10.1. The fraction of sp³-hybridized carbons (Fsp3) is 0.250. The lowest BCUT2D eigenvalue weighted by Gasteiger charge is -2.18. The van der Waals surface area contributed by atoms with Crippen molar-refractivity contribution < 1.29 is 13.9 Å². The van der Waals surface area contributed by atoms with E-state index in [-0.39, 0.29) is 23.7 Å². The van der Waals surface area contributed by atoms with Gasteiger partial charge in [-0.25, -0.2) is 0 Å². The Morgan fingerprint density at radius 3 is 2.80 bits per heavy atom. The number of benzene rings is 2. The van der Waals surface area contributed by atoms with Crippen LogP contribution >= 0.6 is 0 Å². The van der Waals surface area contributed by atoms with Crippen molar-refractivity contribution in [3.63, 3.8) is 0 Å². The summed E-state index contributed by atoms with van der Waals surface area (Å²) in [6.45, 7) is 5.05. The Bertz CT molecular complexity index is 1140. The molecule has 1 aromatic heterocycles. The molecule has 0 atom stereocenters. The normalized spacial score (nSPS) is 12.5. The fourth-order valence-electron chi connectivity index (χ4n) is 3.67. The molecule has 0 saturated carbocycles. The number of para-hydroxylation sites is 1. The molecular weight excluding hydrogens is 380 g/mol. The first kappa shape index (κ1) is 19.8. The number of nitrogens with one attached hydrogen (secondary N) is 1. The van der Waals surface area contributed by atoms with E-state index in [4.69, 9.17) is 9.15 Å². The first-order valence-electron chi connectivity index (χ1n) is 9.94. The van der Waals surface area contributed by atoms with Crippen LogP contribution in [0.5, 0.6) is 5.75 Å². The van der Waals surface area contributed by atoms with Crippen molar-refractivity contribution in [1.29, 1.82) is 0 Å². The molecule has 0 aliphatic carbocycles. The van der Waals surface area contributed by atoms with E-state index in [0.717, 1.165) is 29.8 Å². The zero-order valence-electron chi connectivity index (χ0n) is 17.1. The zero-order valence-corrected chi connectivity index (χ0v) is 17.1. The number of hydrogen-bond acceptors (Lipinski definition) is 5. The lowest BCUT2D eigenvalue weighted by molar-refractivity contribution is -0.118. The molecule has 1 amide bonds. The summed E-state index contributed by atoms with van der Waals surface area (Å²) in [7, 11) is 0. The van der Waals surface area contributed by atoms with Gasteiger partial charge in [-0.2, -0.15) is 0 Å². The number of amides is 1. The number of anilines is 2. The zero-order chi connectivity index (χ0) is 21.1. The van der Waals surface area contributed by atoms with Gasteiger partial charge in [-0.3, -0.25) is 9.59 Å². The van der Waals surface area contributed by atoms with Gasteiger partial charge in [0.1, 0.15) is 12.0 Å². The maximum Gasteiger partial charge on any atom is 0.262 e. The molecule has 3 aromatic rings. The average Bonchev–Trinajstić information content (AvgIpc) is 3.12. The van der Waals surface area contributed by atoms with Gasteiger partial charge in [-0.1, -0.05) is 35.9 Å². The van der Waals surface area contributed by atoms with Crippen LogP contribution < -0.4 is 20.4 Å². The van der Waals surface area contributed by atoms with Crippen molar-refractivity contribution in [2.75, 3.05) is 23.4 Å². The van der Waals surface area contributed by atoms with Crippen LogP contribution in [0.1, 0.15) is 22.5 Å². The summed E-state index contributed by atoms with van der Waals surface area (Å²) in [5, 5.41) is 2.79. The van der Waals surface area contributed by atoms with Crippen molar-refractivity contribution in [2.45, 2.75) is 26.8 Å². The topological polar surface area (TPSA) is 71.8 Å². The average molecular weight is 404 g/mol. The number of hydrogen-bond donors (Lipinski definition) is 1. The maximum absolute atomic E-state index is 12.4. The van der Waals surface area contributed by atoms with E-state index in [9.17, 15) is 9.59 Å². The lowest BCUT2D eigenvalue weighted by Crippen LogP contribution is -2.23. The first-order chi connectivity index (χ1) is 14.5. The van der Waals surface area contributed by atoms with E-state index >= 15 is 0 Å². The van der Waals surface area contributed by atoms with Crippen LogP contribution in [0.4, 0.5) is 11.4 Å². The van der Waals surface area contributed by atoms with Gasteiger partial charge in [0.2, 0.25) is 11.2 Å². The Hall–Kier alpha value is -3.54. The van der Waals surface area contributed by atoms with Gasteiger partial charge < -0.3 is 19.4 Å². The second-order valence-corrected chi connectivity index (χ2v) is 7.53. The Kier molecular flexibility index (Phi) is 5.57. The minimum absolute atomic E-state index is 0.0244. The van der Waals surface area contributed by atoms with E-state index in [1.54, 1.807) is 0 Å². The number of ether oxygens (including phenoxy) is 1. The van der Waals surface area contributed by atoms with E-state index in [1.165, 1.54) is 23.6 Å². The number of aryl methyl sites for hydroxylation is 2. The van der Waals surface area contributed by atoms with E-state index < -0.39 is 0 Å². The second-order valence-electron chi connectivity index (χ2n) is 7.53. The van der Waals surface area contributed by atoms with Crippen molar-refractivity contribution in [3.8, 4) is 5.75 Å². The van der Waals surface area contributed by atoms with Gasteiger partial charge in [0.25, 0.3) is 5.91 Å². The van der Waals surface area contributed by atoms with Gasteiger partial charge in [-0.05, 0) is 43.5 Å². The number of carbonyl (C=O) groups is 1. The summed E-state index contributed by atoms with van der Waals surface area (Å²) >= 11 is 0. The van der Waals surface area contributed by atoms with Gasteiger partial charge in [0.15, 0.2) is 6.61 Å². The van der Waals surface area contributed by atoms with Gasteiger partial charge >= 0.3 is 0 Å². The number of fused-ring (bicyclic) bond motifs is 1. The van der Waals surface area contributed by atoms with Gasteiger partial charge in [0, 0.05) is 24.0 Å². The minimum atomic E-state index is -0.334. The molecule has 0 bridgehead atoms. The third-order valence-electron chi connectivity index (χ3n) is 5.20. The molecule has 1 N–H and O–H groups in total. The third kappa shape index (κ3) is 4.38. The standard InChI is InChI=1S/C24H24N2O4/c1-16-7-8-20(17(2)11-16)25-24(28)15-30-23-14-29-19(12-22(23)27)13-26-10-9-18-5-3-4-6-21(18)26/h3-8,11-12,14H,9-10,13,15H2,1-2H3,(H,25,28). The van der Waals surface area contributed by atoms with Gasteiger partial charge in [0.05, 0.1) is 6.54 Å².